The first-order valence-electron chi connectivity index (χ1n) is 11.8. The predicted molar refractivity (Wildman–Crippen MR) is 141 cm³/mol. The molecule has 1 unspecified atom stereocenters. The van der Waals surface area contributed by atoms with Gasteiger partial charge in [-0.2, -0.15) is 0 Å². The van der Waals surface area contributed by atoms with E-state index in [1.165, 1.54) is 17.8 Å². The number of nitrogens with zero attached hydrogens (tertiary/aromatic N) is 1. The number of carbonyl (C=O) groups excluding carboxylic acids is 2. The van der Waals surface area contributed by atoms with Crippen molar-refractivity contribution in [2.75, 3.05) is 7.11 Å². The highest BCUT2D eigenvalue weighted by atomic mass is 32.1. The smallest absolute Gasteiger partial charge is 0.248 e. The van der Waals surface area contributed by atoms with Gasteiger partial charge in [-0.1, -0.05) is 56.2 Å². The summed E-state index contributed by atoms with van der Waals surface area (Å²) in [7, 11) is 1.56. The summed E-state index contributed by atoms with van der Waals surface area (Å²) >= 11 is 1.52. The van der Waals surface area contributed by atoms with Crippen LogP contribution in [0.25, 0.3) is 0 Å². The summed E-state index contributed by atoms with van der Waals surface area (Å²) in [5.41, 5.74) is 1.94. The average molecular weight is 483 g/mol. The summed E-state index contributed by atoms with van der Waals surface area (Å²) in [6.07, 6.45) is 12.6. The number of allylic oxidation sites excluding steroid dienone is 5. The SMILES string of the molecule is C=CC(=C(C)OC)C(C(=O)NC1CCCCC1)N(C(=O)Cc1cccs1)C(C=CC)=CC(=C)C. The molecule has 6 heteroatoms. The van der Waals surface area contributed by atoms with Gasteiger partial charge in [0.05, 0.1) is 19.3 Å². The molecule has 0 saturated heterocycles. The van der Waals surface area contributed by atoms with Crippen LogP contribution >= 0.6 is 11.3 Å². The Balaban J connectivity index is 2.63. The standard InChI is InChI=1S/C28H38N2O3S/c1-7-13-23(18-20(3)4)30(26(31)19-24-16-12-17-34-24)27(25(8-2)21(5)33-6)28(32)29-22-14-10-9-11-15-22/h7-8,12-13,16-18,22,27H,2-3,9-11,14-15,19H2,1,4-6H3,(H,29,32). The number of nitrogens with one attached hydrogen (secondary N) is 1. The van der Waals surface area contributed by atoms with Crippen LogP contribution in [0.15, 0.2) is 77.6 Å². The molecule has 0 aliphatic heterocycles. The van der Waals surface area contributed by atoms with Crippen molar-refractivity contribution < 1.29 is 14.3 Å². The maximum Gasteiger partial charge on any atom is 0.248 e. The Hall–Kier alpha value is -2.86. The highest BCUT2D eigenvalue weighted by molar-refractivity contribution is 7.10. The molecule has 184 valence electrons. The molecule has 1 N–H and O–H groups in total. The number of thiophene rings is 1. The summed E-state index contributed by atoms with van der Waals surface area (Å²) in [6, 6.07) is 3.03. The number of hydrogen-bond acceptors (Lipinski definition) is 4. The number of rotatable bonds is 11. The molecule has 0 bridgehead atoms. The van der Waals surface area contributed by atoms with Crippen LogP contribution in [0.3, 0.4) is 0 Å². The molecule has 1 aliphatic carbocycles. The third kappa shape index (κ3) is 7.59. The minimum Gasteiger partial charge on any atom is -0.501 e. The first-order chi connectivity index (χ1) is 16.3. The molecule has 1 aliphatic rings. The van der Waals surface area contributed by atoms with Gasteiger partial charge in [-0.15, -0.1) is 11.3 Å². The lowest BCUT2D eigenvalue weighted by Crippen LogP contribution is -2.52. The third-order valence-electron chi connectivity index (χ3n) is 5.87. The van der Waals surface area contributed by atoms with E-state index in [1.807, 2.05) is 49.6 Å². The molecule has 5 nitrogen and oxygen atoms in total. The molecule has 2 rings (SSSR count). The Morgan fingerprint density at radius 2 is 2.00 bits per heavy atom. The zero-order chi connectivity index (χ0) is 25.1. The lowest BCUT2D eigenvalue weighted by atomic mass is 9.94. The van der Waals surface area contributed by atoms with Gasteiger partial charge in [0, 0.05) is 22.2 Å². The fraction of sp³-hybridized carbons (Fsp3) is 0.429. The molecular weight excluding hydrogens is 444 g/mol. The minimum absolute atomic E-state index is 0.0993. The van der Waals surface area contributed by atoms with Crippen LogP contribution in [0, 0.1) is 0 Å². The monoisotopic (exact) mass is 482 g/mol. The van der Waals surface area contributed by atoms with Crippen molar-refractivity contribution in [3.8, 4) is 0 Å². The number of hydrogen-bond donors (Lipinski definition) is 1. The maximum absolute atomic E-state index is 13.9. The molecule has 1 aromatic heterocycles. The van der Waals surface area contributed by atoms with E-state index in [2.05, 4.69) is 18.5 Å². The highest BCUT2D eigenvalue weighted by Gasteiger charge is 2.36. The van der Waals surface area contributed by atoms with E-state index >= 15 is 0 Å². The molecule has 0 spiro atoms. The van der Waals surface area contributed by atoms with Crippen LogP contribution in [0.4, 0.5) is 0 Å². The lowest BCUT2D eigenvalue weighted by Gasteiger charge is -2.35. The number of methoxy groups -OCH3 is 1. The number of ether oxygens (including phenoxy) is 1. The van der Waals surface area contributed by atoms with Gasteiger partial charge in [0.25, 0.3) is 0 Å². The van der Waals surface area contributed by atoms with Crippen LogP contribution in [0.1, 0.15) is 57.8 Å². The second-order valence-electron chi connectivity index (χ2n) is 8.60. The molecular formula is C28H38N2O3S. The van der Waals surface area contributed by atoms with Crippen LogP contribution in [-0.4, -0.2) is 35.9 Å². The Morgan fingerprint density at radius 1 is 1.29 bits per heavy atom. The molecule has 0 radical (unpaired) electrons. The second-order valence-corrected chi connectivity index (χ2v) is 9.63. The van der Waals surface area contributed by atoms with Crippen LogP contribution < -0.4 is 5.32 Å². The molecule has 34 heavy (non-hydrogen) atoms. The van der Waals surface area contributed by atoms with Gasteiger partial charge in [-0.05, 0) is 57.2 Å². The maximum atomic E-state index is 13.9. The Kier molecular flexibility index (Phi) is 11.1. The van der Waals surface area contributed by atoms with Gasteiger partial charge in [0.2, 0.25) is 11.8 Å². The molecule has 1 saturated carbocycles. The van der Waals surface area contributed by atoms with E-state index in [4.69, 9.17) is 4.74 Å². The Morgan fingerprint density at radius 3 is 2.53 bits per heavy atom. The van der Waals surface area contributed by atoms with Crippen molar-refractivity contribution in [3.05, 3.63) is 82.5 Å². The molecule has 2 amide bonds. The van der Waals surface area contributed by atoms with Crippen LogP contribution in [0.5, 0.6) is 0 Å². The molecule has 0 aromatic carbocycles. The van der Waals surface area contributed by atoms with E-state index < -0.39 is 6.04 Å². The lowest BCUT2D eigenvalue weighted by molar-refractivity contribution is -0.136. The predicted octanol–water partition coefficient (Wildman–Crippen LogP) is 6.08. The van der Waals surface area contributed by atoms with Gasteiger partial charge in [-0.25, -0.2) is 0 Å². The summed E-state index contributed by atoms with van der Waals surface area (Å²) < 4.78 is 5.52. The summed E-state index contributed by atoms with van der Waals surface area (Å²) in [4.78, 5) is 30.2. The molecule has 1 aromatic rings. The van der Waals surface area contributed by atoms with E-state index in [-0.39, 0.29) is 24.3 Å². The second kappa shape index (κ2) is 13.8. The highest BCUT2D eigenvalue weighted by Crippen LogP contribution is 2.26. The zero-order valence-electron chi connectivity index (χ0n) is 20.9. The molecule has 1 fully saturated rings. The normalized spacial score (nSPS) is 16.5. The number of carbonyl (C=O) groups is 2. The first kappa shape index (κ1) is 27.4. The first-order valence-corrected chi connectivity index (χ1v) is 12.7. The van der Waals surface area contributed by atoms with E-state index in [9.17, 15) is 9.59 Å². The Labute approximate surface area is 208 Å². The van der Waals surface area contributed by atoms with Crippen LogP contribution in [0.2, 0.25) is 0 Å². The topological polar surface area (TPSA) is 58.6 Å². The number of amides is 2. The fourth-order valence-electron chi connectivity index (χ4n) is 4.20. The van der Waals surface area contributed by atoms with Gasteiger partial charge < -0.3 is 10.1 Å². The molecule has 1 atom stereocenters. The summed E-state index contributed by atoms with van der Waals surface area (Å²) in [5, 5.41) is 5.16. The van der Waals surface area contributed by atoms with Crippen molar-refractivity contribution in [2.45, 2.75) is 71.4 Å². The summed E-state index contributed by atoms with van der Waals surface area (Å²) in [6.45, 7) is 13.5. The average Bonchev–Trinajstić information content (AvgIpc) is 3.31. The Bertz CT molecular complexity index is 950. The third-order valence-corrected chi connectivity index (χ3v) is 6.75. The minimum atomic E-state index is -0.923. The largest absolute Gasteiger partial charge is 0.501 e. The fourth-order valence-corrected chi connectivity index (χ4v) is 4.89. The molecule has 1 heterocycles. The van der Waals surface area contributed by atoms with Crippen molar-refractivity contribution in [3.63, 3.8) is 0 Å². The van der Waals surface area contributed by atoms with Gasteiger partial charge in [-0.3, -0.25) is 14.5 Å². The van der Waals surface area contributed by atoms with Gasteiger partial charge >= 0.3 is 0 Å². The van der Waals surface area contributed by atoms with E-state index in [0.29, 0.717) is 17.0 Å². The zero-order valence-corrected chi connectivity index (χ0v) is 21.7. The van der Waals surface area contributed by atoms with Crippen molar-refractivity contribution in [1.29, 1.82) is 0 Å². The van der Waals surface area contributed by atoms with Crippen molar-refractivity contribution in [2.24, 2.45) is 0 Å². The van der Waals surface area contributed by atoms with Crippen molar-refractivity contribution in [1.82, 2.24) is 10.2 Å². The van der Waals surface area contributed by atoms with E-state index in [0.717, 1.165) is 36.1 Å². The summed E-state index contributed by atoms with van der Waals surface area (Å²) in [5.74, 6) is 0.137. The van der Waals surface area contributed by atoms with Crippen LogP contribution in [-0.2, 0) is 20.7 Å². The van der Waals surface area contributed by atoms with Gasteiger partial charge in [0.15, 0.2) is 0 Å². The van der Waals surface area contributed by atoms with E-state index in [1.54, 1.807) is 25.0 Å². The quantitative estimate of drug-likeness (QED) is 0.307. The van der Waals surface area contributed by atoms with Gasteiger partial charge in [0.1, 0.15) is 6.04 Å². The van der Waals surface area contributed by atoms with Crippen molar-refractivity contribution >= 4 is 23.2 Å².